The summed E-state index contributed by atoms with van der Waals surface area (Å²) in [5.74, 6) is -0.0384. The van der Waals surface area contributed by atoms with Crippen LogP contribution in [0.2, 0.25) is 0 Å². The van der Waals surface area contributed by atoms with Crippen LogP contribution in [0, 0.1) is 5.92 Å². The first-order valence-corrected chi connectivity index (χ1v) is 6.59. The second kappa shape index (κ2) is 6.36. The van der Waals surface area contributed by atoms with Crippen LogP contribution in [0.4, 0.5) is 0 Å². The molecule has 1 unspecified atom stereocenters. The van der Waals surface area contributed by atoms with Crippen molar-refractivity contribution < 1.29 is 15.0 Å². The number of carboxylic acid groups (broad SMARTS) is 1. The molecule has 1 rings (SSSR count). The minimum atomic E-state index is -0.760. The van der Waals surface area contributed by atoms with E-state index >= 15 is 0 Å². The largest absolute Gasteiger partial charge is 0.481 e. The van der Waals surface area contributed by atoms with Crippen molar-refractivity contribution in [2.24, 2.45) is 5.92 Å². The third-order valence-corrected chi connectivity index (χ3v) is 3.78. The van der Waals surface area contributed by atoms with Crippen LogP contribution < -0.4 is 5.32 Å². The van der Waals surface area contributed by atoms with E-state index in [2.05, 4.69) is 12.2 Å². The zero-order valence-electron chi connectivity index (χ0n) is 10.9. The molecule has 17 heavy (non-hydrogen) atoms. The summed E-state index contributed by atoms with van der Waals surface area (Å²) >= 11 is 0. The van der Waals surface area contributed by atoms with Crippen molar-refractivity contribution in [2.45, 2.75) is 64.0 Å². The SMILES string of the molecule is CC1CCC(O)(CNC(C)CCC(=O)O)CC1. The molecule has 0 aromatic heterocycles. The minimum Gasteiger partial charge on any atom is -0.481 e. The molecule has 4 heteroatoms. The third-order valence-electron chi connectivity index (χ3n) is 3.78. The summed E-state index contributed by atoms with van der Waals surface area (Å²) in [6, 6.07) is 0.148. The van der Waals surface area contributed by atoms with Crippen molar-refractivity contribution in [2.75, 3.05) is 6.54 Å². The van der Waals surface area contributed by atoms with Crippen molar-refractivity contribution in [1.29, 1.82) is 0 Å². The highest BCUT2D eigenvalue weighted by atomic mass is 16.4. The normalized spacial score (nSPS) is 31.1. The minimum absolute atomic E-state index is 0.148. The maximum atomic E-state index is 10.4. The van der Waals surface area contributed by atoms with E-state index in [9.17, 15) is 9.90 Å². The Balaban J connectivity index is 2.22. The molecule has 1 aliphatic carbocycles. The van der Waals surface area contributed by atoms with Gasteiger partial charge in [0.05, 0.1) is 5.60 Å². The van der Waals surface area contributed by atoms with Crippen LogP contribution in [0.25, 0.3) is 0 Å². The molecule has 0 amide bonds. The molecule has 0 radical (unpaired) electrons. The quantitative estimate of drug-likeness (QED) is 0.665. The van der Waals surface area contributed by atoms with Crippen molar-refractivity contribution in [3.63, 3.8) is 0 Å². The summed E-state index contributed by atoms with van der Waals surface area (Å²) in [5.41, 5.74) is -0.579. The number of aliphatic hydroxyl groups is 1. The van der Waals surface area contributed by atoms with Crippen molar-refractivity contribution in [1.82, 2.24) is 5.32 Å². The highest BCUT2D eigenvalue weighted by molar-refractivity contribution is 5.66. The Hall–Kier alpha value is -0.610. The van der Waals surface area contributed by atoms with Crippen LogP contribution in [0.1, 0.15) is 52.4 Å². The first kappa shape index (κ1) is 14.5. The van der Waals surface area contributed by atoms with E-state index in [1.165, 1.54) is 0 Å². The highest BCUT2D eigenvalue weighted by Gasteiger charge is 2.31. The monoisotopic (exact) mass is 243 g/mol. The topological polar surface area (TPSA) is 69.6 Å². The molecule has 0 aromatic rings. The predicted molar refractivity (Wildman–Crippen MR) is 66.9 cm³/mol. The molecule has 0 saturated heterocycles. The molecule has 0 heterocycles. The van der Waals surface area contributed by atoms with Crippen LogP contribution in [-0.4, -0.2) is 34.4 Å². The van der Waals surface area contributed by atoms with Gasteiger partial charge in [-0.1, -0.05) is 6.92 Å². The molecule has 1 fully saturated rings. The fourth-order valence-electron chi connectivity index (χ4n) is 2.28. The van der Waals surface area contributed by atoms with Gasteiger partial charge in [0, 0.05) is 19.0 Å². The van der Waals surface area contributed by atoms with Crippen LogP contribution in [0.5, 0.6) is 0 Å². The zero-order valence-corrected chi connectivity index (χ0v) is 10.9. The second-order valence-corrected chi connectivity index (χ2v) is 5.62. The van der Waals surface area contributed by atoms with Crippen LogP contribution >= 0.6 is 0 Å². The van der Waals surface area contributed by atoms with Gasteiger partial charge in [-0.05, 0) is 44.9 Å². The van der Waals surface area contributed by atoms with Crippen LogP contribution in [0.3, 0.4) is 0 Å². The van der Waals surface area contributed by atoms with E-state index in [4.69, 9.17) is 5.11 Å². The van der Waals surface area contributed by atoms with Gasteiger partial charge in [-0.3, -0.25) is 4.79 Å². The fourth-order valence-corrected chi connectivity index (χ4v) is 2.28. The Labute approximate surface area is 103 Å². The summed E-state index contributed by atoms with van der Waals surface area (Å²) in [6.07, 6.45) is 4.68. The third kappa shape index (κ3) is 5.50. The Bertz CT molecular complexity index is 247. The van der Waals surface area contributed by atoms with Gasteiger partial charge < -0.3 is 15.5 Å². The Morgan fingerprint density at radius 3 is 2.59 bits per heavy atom. The Morgan fingerprint density at radius 1 is 1.47 bits per heavy atom. The van der Waals surface area contributed by atoms with E-state index in [1.54, 1.807) is 0 Å². The van der Waals surface area contributed by atoms with Gasteiger partial charge in [-0.15, -0.1) is 0 Å². The fraction of sp³-hybridized carbons (Fsp3) is 0.923. The molecule has 0 bridgehead atoms. The predicted octanol–water partition coefficient (Wildman–Crippen LogP) is 1.77. The molecule has 0 aliphatic heterocycles. The molecule has 1 saturated carbocycles. The van der Waals surface area contributed by atoms with E-state index in [0.717, 1.165) is 31.6 Å². The van der Waals surface area contributed by atoms with E-state index in [1.807, 2.05) is 6.92 Å². The lowest BCUT2D eigenvalue weighted by Gasteiger charge is -2.35. The summed E-state index contributed by atoms with van der Waals surface area (Å²) in [5, 5.41) is 22.2. The average Bonchev–Trinajstić information content (AvgIpc) is 2.28. The number of nitrogens with one attached hydrogen (secondary N) is 1. The van der Waals surface area contributed by atoms with Gasteiger partial charge in [0.1, 0.15) is 0 Å². The average molecular weight is 243 g/mol. The van der Waals surface area contributed by atoms with Gasteiger partial charge in [-0.25, -0.2) is 0 Å². The first-order chi connectivity index (χ1) is 7.91. The number of aliphatic carboxylic acids is 1. The van der Waals surface area contributed by atoms with Gasteiger partial charge in [0.2, 0.25) is 0 Å². The first-order valence-electron chi connectivity index (χ1n) is 6.59. The number of hydrogen-bond acceptors (Lipinski definition) is 3. The summed E-state index contributed by atoms with van der Waals surface area (Å²) in [7, 11) is 0. The van der Waals surface area contributed by atoms with Gasteiger partial charge in [0.15, 0.2) is 0 Å². The van der Waals surface area contributed by atoms with Crippen molar-refractivity contribution >= 4 is 5.97 Å². The molecule has 0 spiro atoms. The lowest BCUT2D eigenvalue weighted by molar-refractivity contribution is -0.137. The molecular weight excluding hydrogens is 218 g/mol. The molecule has 1 aliphatic rings. The molecule has 100 valence electrons. The number of carbonyl (C=O) groups is 1. The number of carboxylic acids is 1. The Morgan fingerprint density at radius 2 is 2.06 bits per heavy atom. The molecular formula is C13H25NO3. The van der Waals surface area contributed by atoms with Crippen LogP contribution in [-0.2, 0) is 4.79 Å². The maximum absolute atomic E-state index is 10.4. The number of hydrogen-bond donors (Lipinski definition) is 3. The lowest BCUT2D eigenvalue weighted by atomic mass is 9.79. The van der Waals surface area contributed by atoms with Gasteiger partial charge >= 0.3 is 5.97 Å². The second-order valence-electron chi connectivity index (χ2n) is 5.62. The highest BCUT2D eigenvalue weighted by Crippen LogP contribution is 2.31. The lowest BCUT2D eigenvalue weighted by Crippen LogP contribution is -2.45. The smallest absolute Gasteiger partial charge is 0.303 e. The standard InChI is InChI=1S/C13H25NO3/c1-10-5-7-13(17,8-6-10)9-14-11(2)3-4-12(15)16/h10-11,14,17H,3-9H2,1-2H3,(H,15,16). The molecule has 0 aromatic carbocycles. The van der Waals surface area contributed by atoms with Crippen molar-refractivity contribution in [3.8, 4) is 0 Å². The Kier molecular flexibility index (Phi) is 5.40. The van der Waals surface area contributed by atoms with Gasteiger partial charge in [-0.2, -0.15) is 0 Å². The molecule has 1 atom stereocenters. The number of rotatable bonds is 6. The maximum Gasteiger partial charge on any atom is 0.303 e. The van der Waals surface area contributed by atoms with Gasteiger partial charge in [0.25, 0.3) is 0 Å². The molecule has 3 N–H and O–H groups in total. The van der Waals surface area contributed by atoms with E-state index in [-0.39, 0.29) is 12.5 Å². The summed E-state index contributed by atoms with van der Waals surface area (Å²) in [6.45, 7) is 4.78. The van der Waals surface area contributed by atoms with Crippen molar-refractivity contribution in [3.05, 3.63) is 0 Å². The summed E-state index contributed by atoms with van der Waals surface area (Å²) < 4.78 is 0. The van der Waals surface area contributed by atoms with E-state index < -0.39 is 11.6 Å². The zero-order chi connectivity index (χ0) is 12.9. The summed E-state index contributed by atoms with van der Waals surface area (Å²) in [4.78, 5) is 10.4. The van der Waals surface area contributed by atoms with E-state index in [0.29, 0.717) is 13.0 Å². The molecule has 4 nitrogen and oxygen atoms in total. The van der Waals surface area contributed by atoms with Crippen LogP contribution in [0.15, 0.2) is 0 Å².